The van der Waals surface area contributed by atoms with Gasteiger partial charge in [-0.25, -0.2) is 8.78 Å². The lowest BCUT2D eigenvalue weighted by Crippen LogP contribution is -1.94. The van der Waals surface area contributed by atoms with Crippen molar-refractivity contribution in [2.75, 3.05) is 0 Å². The summed E-state index contributed by atoms with van der Waals surface area (Å²) in [7, 11) is 1.80. The number of thioether (sulfide) groups is 1. The highest BCUT2D eigenvalue weighted by molar-refractivity contribution is 9.10. The Balaban J connectivity index is 2.16. The lowest BCUT2D eigenvalue weighted by atomic mass is 10.2. The molecule has 1 heterocycles. The SMILES string of the molecule is Cn1cc(SCc2c(F)ccc(Br)c2F)cn1. The molecule has 0 N–H and O–H groups in total. The summed E-state index contributed by atoms with van der Waals surface area (Å²) in [6.45, 7) is 0. The Kier molecular flexibility index (Phi) is 3.83. The lowest BCUT2D eigenvalue weighted by Gasteiger charge is -2.05. The van der Waals surface area contributed by atoms with Gasteiger partial charge in [-0.1, -0.05) is 0 Å². The van der Waals surface area contributed by atoms with Gasteiger partial charge in [-0.2, -0.15) is 5.10 Å². The maximum absolute atomic E-state index is 13.6. The van der Waals surface area contributed by atoms with Gasteiger partial charge in [0.15, 0.2) is 0 Å². The van der Waals surface area contributed by atoms with Crippen molar-refractivity contribution in [1.29, 1.82) is 0 Å². The zero-order chi connectivity index (χ0) is 12.4. The number of rotatable bonds is 3. The minimum Gasteiger partial charge on any atom is -0.275 e. The van der Waals surface area contributed by atoms with Crippen molar-refractivity contribution in [1.82, 2.24) is 9.78 Å². The molecule has 6 heteroatoms. The molecular formula is C11H9BrF2N2S. The van der Waals surface area contributed by atoms with Gasteiger partial charge >= 0.3 is 0 Å². The zero-order valence-electron chi connectivity index (χ0n) is 8.95. The predicted octanol–water partition coefficient (Wildman–Crippen LogP) is 3.75. The normalized spacial score (nSPS) is 10.8. The van der Waals surface area contributed by atoms with E-state index in [4.69, 9.17) is 0 Å². The van der Waals surface area contributed by atoms with Crippen LogP contribution in [0.15, 0.2) is 33.9 Å². The number of hydrogen-bond donors (Lipinski definition) is 0. The van der Waals surface area contributed by atoms with Crippen LogP contribution in [0.5, 0.6) is 0 Å². The number of halogens is 3. The molecule has 0 aliphatic rings. The molecule has 1 aromatic heterocycles. The molecule has 1 aromatic carbocycles. The quantitative estimate of drug-likeness (QED) is 0.633. The van der Waals surface area contributed by atoms with E-state index in [2.05, 4.69) is 21.0 Å². The first kappa shape index (κ1) is 12.6. The molecule has 0 bridgehead atoms. The lowest BCUT2D eigenvalue weighted by molar-refractivity contribution is 0.562. The fourth-order valence-electron chi connectivity index (χ4n) is 1.33. The second-order valence-corrected chi connectivity index (χ2v) is 5.36. The van der Waals surface area contributed by atoms with Crippen molar-refractivity contribution >= 4 is 27.7 Å². The average molecular weight is 319 g/mol. The summed E-state index contributed by atoms with van der Waals surface area (Å²) in [5.41, 5.74) is 0.0771. The van der Waals surface area contributed by atoms with Crippen LogP contribution in [0.25, 0.3) is 0 Å². The van der Waals surface area contributed by atoms with Gasteiger partial charge in [0, 0.05) is 29.5 Å². The van der Waals surface area contributed by atoms with Gasteiger partial charge in [-0.3, -0.25) is 4.68 Å². The highest BCUT2D eigenvalue weighted by Crippen LogP contribution is 2.28. The van der Waals surface area contributed by atoms with E-state index in [1.165, 1.54) is 23.9 Å². The largest absolute Gasteiger partial charge is 0.275 e. The molecule has 90 valence electrons. The molecule has 0 saturated carbocycles. The highest BCUT2D eigenvalue weighted by atomic mass is 79.9. The number of hydrogen-bond acceptors (Lipinski definition) is 2. The monoisotopic (exact) mass is 318 g/mol. The minimum atomic E-state index is -0.540. The zero-order valence-corrected chi connectivity index (χ0v) is 11.4. The summed E-state index contributed by atoms with van der Waals surface area (Å²) < 4.78 is 29.0. The van der Waals surface area contributed by atoms with Crippen LogP contribution < -0.4 is 0 Å². The standard InChI is InChI=1S/C11H9BrF2N2S/c1-16-5-7(4-15-16)17-6-8-10(13)3-2-9(12)11(8)14/h2-5H,6H2,1H3. The van der Waals surface area contributed by atoms with Gasteiger partial charge in [0.1, 0.15) is 11.6 Å². The van der Waals surface area contributed by atoms with E-state index in [1.807, 2.05) is 0 Å². The van der Waals surface area contributed by atoms with E-state index in [-0.39, 0.29) is 15.8 Å². The van der Waals surface area contributed by atoms with Crippen molar-refractivity contribution in [2.45, 2.75) is 10.6 Å². The van der Waals surface area contributed by atoms with E-state index in [1.54, 1.807) is 24.1 Å². The molecule has 0 aliphatic heterocycles. The Hall–Kier alpha value is -0.880. The van der Waals surface area contributed by atoms with E-state index in [0.29, 0.717) is 0 Å². The van der Waals surface area contributed by atoms with Crippen LogP contribution in [0.4, 0.5) is 8.78 Å². The maximum Gasteiger partial charge on any atom is 0.144 e. The van der Waals surface area contributed by atoms with Crippen LogP contribution in [-0.2, 0) is 12.8 Å². The van der Waals surface area contributed by atoms with E-state index in [9.17, 15) is 8.78 Å². The minimum absolute atomic E-state index is 0.0771. The molecule has 0 aliphatic carbocycles. The Labute approximate surface area is 110 Å². The first-order chi connectivity index (χ1) is 8.08. The third-order valence-corrected chi connectivity index (χ3v) is 3.79. The predicted molar refractivity (Wildman–Crippen MR) is 66.8 cm³/mol. The first-order valence-corrected chi connectivity index (χ1v) is 6.59. The molecule has 2 rings (SSSR count). The molecule has 0 amide bonds. The summed E-state index contributed by atoms with van der Waals surface area (Å²) in [6.07, 6.45) is 3.47. The molecule has 0 spiro atoms. The topological polar surface area (TPSA) is 17.8 Å². The van der Waals surface area contributed by atoms with Crippen molar-refractivity contribution in [3.63, 3.8) is 0 Å². The van der Waals surface area contributed by atoms with Gasteiger partial charge in [0.25, 0.3) is 0 Å². The molecule has 0 saturated heterocycles. The Morgan fingerprint density at radius 3 is 2.82 bits per heavy atom. The molecule has 0 fully saturated rings. The third-order valence-electron chi connectivity index (χ3n) is 2.20. The van der Waals surface area contributed by atoms with Crippen LogP contribution in [0.1, 0.15) is 5.56 Å². The Morgan fingerprint density at radius 1 is 1.41 bits per heavy atom. The van der Waals surface area contributed by atoms with Gasteiger partial charge in [-0.05, 0) is 28.1 Å². The van der Waals surface area contributed by atoms with E-state index >= 15 is 0 Å². The second kappa shape index (κ2) is 5.18. The fraction of sp³-hybridized carbons (Fsp3) is 0.182. The molecule has 2 nitrogen and oxygen atoms in total. The van der Waals surface area contributed by atoms with Crippen LogP contribution in [0.3, 0.4) is 0 Å². The van der Waals surface area contributed by atoms with Crippen molar-refractivity contribution in [3.05, 3.63) is 46.2 Å². The van der Waals surface area contributed by atoms with Crippen molar-refractivity contribution < 1.29 is 8.78 Å². The van der Waals surface area contributed by atoms with Crippen LogP contribution in [0, 0.1) is 11.6 Å². The Bertz CT molecular complexity index is 542. The summed E-state index contributed by atoms with van der Waals surface area (Å²) in [6, 6.07) is 2.62. The van der Waals surface area contributed by atoms with Gasteiger partial charge < -0.3 is 0 Å². The summed E-state index contributed by atoms with van der Waals surface area (Å²) in [5.74, 6) is -0.827. The molecule has 0 unspecified atom stereocenters. The van der Waals surface area contributed by atoms with E-state index in [0.717, 1.165) is 4.90 Å². The van der Waals surface area contributed by atoms with Crippen LogP contribution in [-0.4, -0.2) is 9.78 Å². The number of nitrogens with zero attached hydrogens (tertiary/aromatic N) is 2. The summed E-state index contributed by atoms with van der Waals surface area (Å²) in [5, 5.41) is 3.99. The highest BCUT2D eigenvalue weighted by Gasteiger charge is 2.12. The number of aromatic nitrogens is 2. The van der Waals surface area contributed by atoms with Crippen molar-refractivity contribution in [3.8, 4) is 0 Å². The molecule has 17 heavy (non-hydrogen) atoms. The van der Waals surface area contributed by atoms with Crippen molar-refractivity contribution in [2.24, 2.45) is 7.05 Å². The Morgan fingerprint density at radius 2 is 2.18 bits per heavy atom. The summed E-state index contributed by atoms with van der Waals surface area (Å²) >= 11 is 4.39. The number of aryl methyl sites for hydroxylation is 1. The second-order valence-electron chi connectivity index (χ2n) is 3.46. The van der Waals surface area contributed by atoms with Gasteiger partial charge in [0.05, 0.1) is 10.7 Å². The van der Waals surface area contributed by atoms with Gasteiger partial charge in [-0.15, -0.1) is 11.8 Å². The van der Waals surface area contributed by atoms with Gasteiger partial charge in [0.2, 0.25) is 0 Å². The number of benzene rings is 1. The molecule has 2 aromatic rings. The average Bonchev–Trinajstić information content (AvgIpc) is 2.70. The van der Waals surface area contributed by atoms with E-state index < -0.39 is 11.6 Å². The summed E-state index contributed by atoms with van der Waals surface area (Å²) in [4.78, 5) is 0.881. The van der Waals surface area contributed by atoms with Crippen LogP contribution >= 0.6 is 27.7 Å². The van der Waals surface area contributed by atoms with Crippen LogP contribution in [0.2, 0.25) is 0 Å². The molecular weight excluding hydrogens is 310 g/mol. The third kappa shape index (κ3) is 2.87. The smallest absolute Gasteiger partial charge is 0.144 e. The molecule has 0 atom stereocenters. The maximum atomic E-state index is 13.6. The first-order valence-electron chi connectivity index (χ1n) is 4.81. The fourth-order valence-corrected chi connectivity index (χ4v) is 2.63. The molecule has 0 radical (unpaired) electrons.